The molecule has 11 nitrogen and oxygen atoms in total. The zero-order valence-electron chi connectivity index (χ0n) is 18.5. The van der Waals surface area contributed by atoms with Gasteiger partial charge in [0.2, 0.25) is 10.0 Å². The molecule has 1 aromatic heterocycles. The Morgan fingerprint density at radius 3 is 2.85 bits per heavy atom. The number of benzene rings is 1. The van der Waals surface area contributed by atoms with Gasteiger partial charge in [-0.1, -0.05) is 11.6 Å². The van der Waals surface area contributed by atoms with E-state index < -0.39 is 33.9 Å². The minimum absolute atomic E-state index is 0.0213. The Balaban J connectivity index is 1.52. The van der Waals surface area contributed by atoms with Gasteiger partial charge in [0.15, 0.2) is 0 Å². The molecular formula is C20H24ClFN6O5S. The summed E-state index contributed by atoms with van der Waals surface area (Å²) in [5.74, 6) is -1.10. The molecule has 2 aliphatic heterocycles. The van der Waals surface area contributed by atoms with E-state index in [0.29, 0.717) is 35.6 Å². The van der Waals surface area contributed by atoms with Crippen molar-refractivity contribution in [3.8, 4) is 0 Å². The molecule has 0 aliphatic carbocycles. The van der Waals surface area contributed by atoms with Gasteiger partial charge in [-0.05, 0) is 25.1 Å². The van der Waals surface area contributed by atoms with Gasteiger partial charge >= 0.3 is 6.03 Å². The largest absolute Gasteiger partial charge is 0.322 e. The molecule has 0 fully saturated rings. The van der Waals surface area contributed by atoms with Crippen LogP contribution in [0.15, 0.2) is 18.2 Å². The van der Waals surface area contributed by atoms with Gasteiger partial charge in [-0.25, -0.2) is 27.4 Å². The van der Waals surface area contributed by atoms with E-state index in [2.05, 4.69) is 15.1 Å². The van der Waals surface area contributed by atoms with Crippen LogP contribution in [0.2, 0.25) is 5.02 Å². The normalized spacial score (nSPS) is 18.4. The van der Waals surface area contributed by atoms with Gasteiger partial charge < -0.3 is 10.2 Å². The Hall–Kier alpha value is -2.74. The summed E-state index contributed by atoms with van der Waals surface area (Å²) in [4.78, 5) is 33.0. The summed E-state index contributed by atoms with van der Waals surface area (Å²) in [6, 6.07) is 3.46. The standard InChI is InChI=1S/C20H24ClFN6O5S/c1-3-34(31,32)23-9-13-10-28-18(19(29)26(2)33-13)14-11-27(7-6-17(14)25-28)20(30)24-12-4-5-16(22)15(21)8-12/h4-5,8,13,23H,3,6-7,9-11H2,1-2H3,(H,24,30). The molecule has 2 aromatic rings. The van der Waals surface area contributed by atoms with E-state index >= 15 is 0 Å². The van der Waals surface area contributed by atoms with Crippen LogP contribution < -0.4 is 10.0 Å². The summed E-state index contributed by atoms with van der Waals surface area (Å²) >= 11 is 5.78. The summed E-state index contributed by atoms with van der Waals surface area (Å²) in [6.45, 7) is 2.16. The van der Waals surface area contributed by atoms with E-state index in [1.54, 1.807) is 0 Å². The Kier molecular flexibility index (Phi) is 6.80. The van der Waals surface area contributed by atoms with E-state index in [4.69, 9.17) is 16.4 Å². The van der Waals surface area contributed by atoms with Gasteiger partial charge in [-0.15, -0.1) is 0 Å². The number of carbonyl (C=O) groups is 2. The van der Waals surface area contributed by atoms with Gasteiger partial charge in [-0.2, -0.15) is 5.10 Å². The van der Waals surface area contributed by atoms with Crippen molar-refractivity contribution in [2.45, 2.75) is 32.5 Å². The number of carbonyl (C=O) groups excluding carboxylic acids is 2. The maximum Gasteiger partial charge on any atom is 0.322 e. The van der Waals surface area contributed by atoms with Gasteiger partial charge in [-0.3, -0.25) is 14.3 Å². The molecule has 3 amide bonds. The molecular weight excluding hydrogens is 491 g/mol. The number of halogens is 2. The second-order valence-electron chi connectivity index (χ2n) is 7.97. The Morgan fingerprint density at radius 1 is 1.38 bits per heavy atom. The molecule has 3 heterocycles. The van der Waals surface area contributed by atoms with Crippen molar-refractivity contribution in [1.29, 1.82) is 0 Å². The summed E-state index contributed by atoms with van der Waals surface area (Å²) in [5.41, 5.74) is 1.94. The number of anilines is 1. The van der Waals surface area contributed by atoms with Crippen LogP contribution in [-0.2, 0) is 34.4 Å². The molecule has 2 aliphatic rings. The van der Waals surface area contributed by atoms with Crippen LogP contribution in [0.5, 0.6) is 0 Å². The van der Waals surface area contributed by atoms with Gasteiger partial charge in [0, 0.05) is 37.8 Å². The van der Waals surface area contributed by atoms with E-state index in [0.717, 1.165) is 11.1 Å². The summed E-state index contributed by atoms with van der Waals surface area (Å²) in [7, 11) is -1.98. The average molecular weight is 515 g/mol. The molecule has 1 unspecified atom stereocenters. The number of amides is 3. The summed E-state index contributed by atoms with van der Waals surface area (Å²) in [6.07, 6.45) is -0.224. The van der Waals surface area contributed by atoms with Gasteiger partial charge in [0.1, 0.15) is 17.6 Å². The number of hydrogen-bond donors (Lipinski definition) is 2. The molecule has 2 N–H and O–H groups in total. The molecule has 0 radical (unpaired) electrons. The molecule has 34 heavy (non-hydrogen) atoms. The minimum Gasteiger partial charge on any atom is -0.320 e. The van der Waals surface area contributed by atoms with Crippen molar-refractivity contribution in [2.24, 2.45) is 0 Å². The van der Waals surface area contributed by atoms with E-state index in [9.17, 15) is 22.4 Å². The highest BCUT2D eigenvalue weighted by molar-refractivity contribution is 7.89. The molecule has 1 aromatic carbocycles. The molecule has 0 saturated carbocycles. The van der Waals surface area contributed by atoms with Crippen molar-refractivity contribution in [3.05, 3.63) is 46.0 Å². The second kappa shape index (κ2) is 9.49. The number of nitrogens with zero attached hydrogens (tertiary/aromatic N) is 4. The SMILES string of the molecule is CCS(=O)(=O)NCC1Cn2nc3c(c2C(=O)N(C)O1)CN(C(=O)Nc1ccc(F)c(Cl)c1)CC3. The quantitative estimate of drug-likeness (QED) is 0.624. The van der Waals surface area contributed by atoms with Crippen LogP contribution in [0.1, 0.15) is 28.7 Å². The Bertz CT molecular complexity index is 1240. The first-order valence-electron chi connectivity index (χ1n) is 10.6. The molecule has 184 valence electrons. The van der Waals surface area contributed by atoms with Gasteiger partial charge in [0.25, 0.3) is 5.91 Å². The lowest BCUT2D eigenvalue weighted by Gasteiger charge is -2.27. The predicted molar refractivity (Wildman–Crippen MR) is 121 cm³/mol. The predicted octanol–water partition coefficient (Wildman–Crippen LogP) is 1.59. The molecule has 0 bridgehead atoms. The lowest BCUT2D eigenvalue weighted by atomic mass is 10.1. The molecule has 14 heteroatoms. The Labute approximate surface area is 200 Å². The average Bonchev–Trinajstić information content (AvgIpc) is 3.10. The van der Waals surface area contributed by atoms with Crippen LogP contribution >= 0.6 is 11.6 Å². The fraction of sp³-hybridized carbons (Fsp3) is 0.450. The summed E-state index contributed by atoms with van der Waals surface area (Å²) in [5, 5.41) is 8.18. The van der Waals surface area contributed by atoms with Crippen LogP contribution in [-0.4, -0.2) is 72.1 Å². The van der Waals surface area contributed by atoms with E-state index in [1.807, 2.05) is 0 Å². The van der Waals surface area contributed by atoms with Gasteiger partial charge in [0.05, 0.1) is 29.6 Å². The topological polar surface area (TPSA) is 126 Å². The number of nitrogens with one attached hydrogen (secondary N) is 2. The lowest BCUT2D eigenvalue weighted by Crippen LogP contribution is -2.40. The van der Waals surface area contributed by atoms with Crippen molar-refractivity contribution in [3.63, 3.8) is 0 Å². The van der Waals surface area contributed by atoms with Crippen molar-refractivity contribution >= 4 is 39.2 Å². The van der Waals surface area contributed by atoms with Crippen LogP contribution in [0.4, 0.5) is 14.9 Å². The molecule has 0 saturated heterocycles. The fourth-order valence-electron chi connectivity index (χ4n) is 3.82. The number of sulfonamides is 1. The number of fused-ring (bicyclic) bond motifs is 3. The number of urea groups is 1. The van der Waals surface area contributed by atoms with Crippen molar-refractivity contribution in [2.75, 3.05) is 31.2 Å². The number of rotatable bonds is 5. The molecule has 4 rings (SSSR count). The molecule has 0 spiro atoms. The smallest absolute Gasteiger partial charge is 0.320 e. The molecule has 1 atom stereocenters. The van der Waals surface area contributed by atoms with E-state index in [1.165, 1.54) is 35.7 Å². The number of aromatic nitrogens is 2. The van der Waals surface area contributed by atoms with Crippen molar-refractivity contribution in [1.82, 2.24) is 24.5 Å². The van der Waals surface area contributed by atoms with Crippen LogP contribution in [0.3, 0.4) is 0 Å². The van der Waals surface area contributed by atoms with Crippen molar-refractivity contribution < 1.29 is 27.2 Å². The van der Waals surface area contributed by atoms with Crippen LogP contribution in [0, 0.1) is 5.82 Å². The third kappa shape index (κ3) is 5.02. The maximum atomic E-state index is 13.4. The number of hydroxylamine groups is 2. The zero-order valence-corrected chi connectivity index (χ0v) is 20.1. The first-order chi connectivity index (χ1) is 16.1. The third-order valence-corrected chi connectivity index (χ3v) is 7.30. The first-order valence-corrected chi connectivity index (χ1v) is 12.6. The highest BCUT2D eigenvalue weighted by atomic mass is 35.5. The van der Waals surface area contributed by atoms with E-state index in [-0.39, 0.29) is 30.4 Å². The maximum absolute atomic E-state index is 13.4. The highest BCUT2D eigenvalue weighted by Gasteiger charge is 2.35. The fourth-order valence-corrected chi connectivity index (χ4v) is 4.64. The highest BCUT2D eigenvalue weighted by Crippen LogP contribution is 2.27. The lowest BCUT2D eigenvalue weighted by molar-refractivity contribution is -0.145. The first kappa shape index (κ1) is 24.4. The summed E-state index contributed by atoms with van der Waals surface area (Å²) < 4.78 is 41.0. The van der Waals surface area contributed by atoms with Crippen LogP contribution in [0.25, 0.3) is 0 Å². The second-order valence-corrected chi connectivity index (χ2v) is 10.5. The monoisotopic (exact) mass is 514 g/mol. The zero-order chi connectivity index (χ0) is 24.6. The number of hydrogen-bond acceptors (Lipinski definition) is 6. The third-order valence-electron chi connectivity index (χ3n) is 5.64. The minimum atomic E-state index is -3.43. The Morgan fingerprint density at radius 2 is 2.15 bits per heavy atom.